The Labute approximate surface area is 152 Å². The van der Waals surface area contributed by atoms with Gasteiger partial charge in [-0.25, -0.2) is 4.79 Å². The number of hydrogen-bond acceptors (Lipinski definition) is 3. The van der Waals surface area contributed by atoms with Crippen molar-refractivity contribution in [2.45, 2.75) is 19.1 Å². The van der Waals surface area contributed by atoms with E-state index in [1.54, 1.807) is 6.20 Å². The zero-order valence-corrected chi connectivity index (χ0v) is 14.4. The first-order chi connectivity index (χ1) is 12.7. The molecule has 0 saturated carbocycles. The largest absolute Gasteiger partial charge is 0.394 e. The maximum Gasteiger partial charge on any atom is 0.315 e. The van der Waals surface area contributed by atoms with Crippen molar-refractivity contribution >= 4 is 6.03 Å². The monoisotopic (exact) mass is 350 g/mol. The molecule has 6 nitrogen and oxygen atoms in total. The predicted molar refractivity (Wildman–Crippen MR) is 99.4 cm³/mol. The van der Waals surface area contributed by atoms with Crippen LogP contribution < -0.4 is 10.6 Å². The van der Waals surface area contributed by atoms with E-state index in [0.717, 1.165) is 11.1 Å². The molecule has 0 saturated heterocycles. The highest BCUT2D eigenvalue weighted by Crippen LogP contribution is 2.11. The second-order valence-electron chi connectivity index (χ2n) is 6.00. The molecule has 0 aliphatic carbocycles. The molecule has 1 heterocycles. The molecular weight excluding hydrogens is 328 g/mol. The van der Waals surface area contributed by atoms with Crippen molar-refractivity contribution in [3.8, 4) is 0 Å². The van der Waals surface area contributed by atoms with Gasteiger partial charge in [0.1, 0.15) is 0 Å². The average Bonchev–Trinajstić information content (AvgIpc) is 3.13. The van der Waals surface area contributed by atoms with Crippen molar-refractivity contribution in [3.05, 3.63) is 89.7 Å². The first kappa shape index (κ1) is 17.7. The van der Waals surface area contributed by atoms with Gasteiger partial charge in [0.15, 0.2) is 0 Å². The Morgan fingerprint density at radius 3 is 2.42 bits per heavy atom. The first-order valence-electron chi connectivity index (χ1n) is 8.50. The number of urea groups is 1. The van der Waals surface area contributed by atoms with Gasteiger partial charge >= 0.3 is 6.03 Å². The van der Waals surface area contributed by atoms with Crippen LogP contribution in [0.5, 0.6) is 0 Å². The minimum absolute atomic E-state index is 0.160. The molecule has 3 aromatic rings. The number of aliphatic hydroxyl groups excluding tert-OH is 1. The number of nitrogens with zero attached hydrogens (tertiary/aromatic N) is 2. The van der Waals surface area contributed by atoms with E-state index in [4.69, 9.17) is 0 Å². The summed E-state index contributed by atoms with van der Waals surface area (Å²) in [5, 5.41) is 19.4. The summed E-state index contributed by atoms with van der Waals surface area (Å²) in [5.74, 6) is 0. The third-order valence-corrected chi connectivity index (χ3v) is 4.02. The van der Waals surface area contributed by atoms with Crippen molar-refractivity contribution in [1.29, 1.82) is 0 Å². The van der Waals surface area contributed by atoms with Crippen LogP contribution in [-0.2, 0) is 13.1 Å². The third-order valence-electron chi connectivity index (χ3n) is 4.02. The summed E-state index contributed by atoms with van der Waals surface area (Å²) in [7, 11) is 0. The number of hydrogen-bond donors (Lipinski definition) is 3. The van der Waals surface area contributed by atoms with Crippen molar-refractivity contribution in [3.63, 3.8) is 0 Å². The molecule has 0 aliphatic rings. The Hall–Kier alpha value is -3.12. The third kappa shape index (κ3) is 4.94. The van der Waals surface area contributed by atoms with Gasteiger partial charge in [0.25, 0.3) is 0 Å². The first-order valence-corrected chi connectivity index (χ1v) is 8.50. The smallest absolute Gasteiger partial charge is 0.315 e. The lowest BCUT2D eigenvalue weighted by Gasteiger charge is -2.17. The number of nitrogens with one attached hydrogen (secondary N) is 2. The van der Waals surface area contributed by atoms with E-state index in [1.807, 2.05) is 71.5 Å². The topological polar surface area (TPSA) is 79.2 Å². The van der Waals surface area contributed by atoms with E-state index in [2.05, 4.69) is 15.7 Å². The zero-order valence-electron chi connectivity index (χ0n) is 14.4. The van der Waals surface area contributed by atoms with Crippen molar-refractivity contribution in [2.75, 3.05) is 6.61 Å². The number of amides is 2. The summed E-state index contributed by atoms with van der Waals surface area (Å²) in [6.45, 7) is 0.896. The highest BCUT2D eigenvalue weighted by molar-refractivity contribution is 5.74. The zero-order chi connectivity index (χ0) is 18.2. The Balaban J connectivity index is 1.50. The van der Waals surface area contributed by atoms with Gasteiger partial charge in [-0.2, -0.15) is 5.10 Å². The molecule has 1 unspecified atom stereocenters. The Morgan fingerprint density at radius 1 is 1.04 bits per heavy atom. The highest BCUT2D eigenvalue weighted by atomic mass is 16.3. The number of rotatable bonds is 7. The van der Waals surface area contributed by atoms with Crippen molar-refractivity contribution < 1.29 is 9.90 Å². The van der Waals surface area contributed by atoms with Crippen LogP contribution in [0, 0.1) is 0 Å². The molecule has 3 N–H and O–H groups in total. The SMILES string of the molecule is O=C(NCc1cnn(Cc2ccccc2)c1)NC(CO)c1ccccc1. The minimum atomic E-state index is -0.433. The van der Waals surface area contributed by atoms with Crippen molar-refractivity contribution in [1.82, 2.24) is 20.4 Å². The summed E-state index contributed by atoms with van der Waals surface area (Å²) in [6, 6.07) is 18.7. The summed E-state index contributed by atoms with van der Waals surface area (Å²) < 4.78 is 1.84. The molecule has 1 aromatic heterocycles. The van der Waals surface area contributed by atoms with E-state index in [1.165, 1.54) is 5.56 Å². The van der Waals surface area contributed by atoms with Crippen LogP contribution >= 0.6 is 0 Å². The van der Waals surface area contributed by atoms with Gasteiger partial charge in [0, 0.05) is 18.3 Å². The summed E-state index contributed by atoms with van der Waals surface area (Å²) >= 11 is 0. The molecular formula is C20H22N4O2. The summed E-state index contributed by atoms with van der Waals surface area (Å²) in [6.07, 6.45) is 3.65. The fraction of sp³-hybridized carbons (Fsp3) is 0.200. The molecule has 2 aromatic carbocycles. The van der Waals surface area contributed by atoms with Crippen LogP contribution in [0.25, 0.3) is 0 Å². The summed E-state index contributed by atoms with van der Waals surface area (Å²) in [4.78, 5) is 12.1. The second kappa shape index (κ2) is 8.82. The second-order valence-corrected chi connectivity index (χ2v) is 6.00. The average molecular weight is 350 g/mol. The van der Waals surface area contributed by atoms with Gasteiger partial charge in [-0.15, -0.1) is 0 Å². The fourth-order valence-corrected chi connectivity index (χ4v) is 2.67. The van der Waals surface area contributed by atoms with Gasteiger partial charge in [-0.3, -0.25) is 4.68 Å². The summed E-state index contributed by atoms with van der Waals surface area (Å²) in [5.41, 5.74) is 2.94. The molecule has 1 atom stereocenters. The Bertz CT molecular complexity index is 818. The number of aromatic nitrogens is 2. The molecule has 0 fully saturated rings. The lowest BCUT2D eigenvalue weighted by atomic mass is 10.1. The van der Waals surface area contributed by atoms with E-state index < -0.39 is 6.04 Å². The maximum absolute atomic E-state index is 12.1. The predicted octanol–water partition coefficient (Wildman–Crippen LogP) is 2.46. The Kier molecular flexibility index (Phi) is 6.01. The maximum atomic E-state index is 12.1. The molecule has 2 amide bonds. The van der Waals surface area contributed by atoms with Crippen molar-refractivity contribution in [2.24, 2.45) is 0 Å². The quantitative estimate of drug-likeness (QED) is 0.612. The molecule has 0 bridgehead atoms. The molecule has 134 valence electrons. The van der Waals surface area contributed by atoms with Gasteiger partial charge in [0.2, 0.25) is 0 Å². The molecule has 0 spiro atoms. The number of carbonyl (C=O) groups excluding carboxylic acids is 1. The van der Waals surface area contributed by atoms with Crippen LogP contribution in [0.4, 0.5) is 4.79 Å². The van der Waals surface area contributed by atoms with Crippen LogP contribution in [0.1, 0.15) is 22.7 Å². The van der Waals surface area contributed by atoms with E-state index >= 15 is 0 Å². The standard InChI is InChI=1S/C20H22N4O2/c25-15-19(18-9-5-2-6-10-18)23-20(26)21-11-17-12-22-24(14-17)13-16-7-3-1-4-8-16/h1-10,12,14,19,25H,11,13,15H2,(H2,21,23,26). The Morgan fingerprint density at radius 2 is 1.73 bits per heavy atom. The van der Waals surface area contributed by atoms with Gasteiger partial charge in [-0.05, 0) is 11.1 Å². The van der Waals surface area contributed by atoms with Crippen LogP contribution in [0.15, 0.2) is 73.1 Å². The number of benzene rings is 2. The fourth-order valence-electron chi connectivity index (χ4n) is 2.67. The van der Waals surface area contributed by atoms with E-state index in [-0.39, 0.29) is 12.6 Å². The van der Waals surface area contributed by atoms with E-state index in [0.29, 0.717) is 13.1 Å². The normalized spacial score (nSPS) is 11.7. The van der Waals surface area contributed by atoms with Crippen LogP contribution in [0.2, 0.25) is 0 Å². The van der Waals surface area contributed by atoms with Gasteiger partial charge < -0.3 is 15.7 Å². The lowest BCUT2D eigenvalue weighted by Crippen LogP contribution is -2.38. The number of aliphatic hydroxyl groups is 1. The molecule has 6 heteroatoms. The van der Waals surface area contributed by atoms with E-state index in [9.17, 15) is 9.90 Å². The number of carbonyl (C=O) groups is 1. The molecule has 0 aliphatic heterocycles. The lowest BCUT2D eigenvalue weighted by molar-refractivity contribution is 0.216. The van der Waals surface area contributed by atoms with Crippen LogP contribution in [-0.4, -0.2) is 27.5 Å². The minimum Gasteiger partial charge on any atom is -0.394 e. The van der Waals surface area contributed by atoms with Crippen LogP contribution in [0.3, 0.4) is 0 Å². The molecule has 0 radical (unpaired) electrons. The molecule has 3 rings (SSSR count). The van der Waals surface area contributed by atoms with Gasteiger partial charge in [-0.1, -0.05) is 60.7 Å². The highest BCUT2D eigenvalue weighted by Gasteiger charge is 2.13. The van der Waals surface area contributed by atoms with Gasteiger partial charge in [0.05, 0.1) is 25.4 Å². The molecule has 26 heavy (non-hydrogen) atoms.